The number of hydrogen-bond acceptors (Lipinski definition) is 1. The summed E-state index contributed by atoms with van der Waals surface area (Å²) in [6.07, 6.45) is 3.83. The molecule has 1 heterocycles. The van der Waals surface area contributed by atoms with Crippen LogP contribution in [-0.4, -0.2) is 24.9 Å². The minimum absolute atomic E-state index is 0.00364. The molecule has 17 heavy (non-hydrogen) atoms. The van der Waals surface area contributed by atoms with Gasteiger partial charge >= 0.3 is 0 Å². The van der Waals surface area contributed by atoms with Gasteiger partial charge in [-0.25, -0.2) is 0 Å². The van der Waals surface area contributed by atoms with Gasteiger partial charge in [0.25, 0.3) is 0 Å². The number of para-hydroxylation sites is 2. The van der Waals surface area contributed by atoms with Gasteiger partial charge in [-0.05, 0) is 25.3 Å². The average Bonchev–Trinajstić information content (AvgIpc) is 2.40. The number of benzene rings is 1. The number of halogens is 1. The fourth-order valence-electron chi connectivity index (χ4n) is 2.33. The van der Waals surface area contributed by atoms with Crippen molar-refractivity contribution in [1.82, 2.24) is 0 Å². The Kier molecular flexibility index (Phi) is 4.40. The first-order chi connectivity index (χ1) is 8.31. The van der Waals surface area contributed by atoms with Crippen molar-refractivity contribution in [2.75, 3.05) is 24.3 Å². The number of nitrogens with one attached hydrogen (secondary N) is 2. The molecule has 3 nitrogen and oxygen atoms in total. The quantitative estimate of drug-likeness (QED) is 0.788. The zero-order valence-electron chi connectivity index (χ0n) is 9.84. The van der Waals surface area contributed by atoms with Crippen molar-refractivity contribution in [1.29, 1.82) is 0 Å². The number of carbonyl (C=O) groups excluding carboxylic acids is 1. The summed E-state index contributed by atoms with van der Waals surface area (Å²) in [5.41, 5.74) is 2.08. The second kappa shape index (κ2) is 6.03. The Hall–Kier alpha value is -1.06. The number of hydrogen-bond donors (Lipinski definition) is 2. The van der Waals surface area contributed by atoms with Gasteiger partial charge in [0, 0.05) is 6.07 Å². The molecule has 2 N–H and O–H groups in total. The standard InChI is InChI=1S/C13H17ClN2O/c14-10-13(17)15-11-6-2-3-7-12(11)16-8-4-1-5-9-16/h2-3,6-7H,1,4-5,8-10H2,(H,15,17)/p+1. The van der Waals surface area contributed by atoms with Crippen LogP contribution in [0.15, 0.2) is 24.3 Å². The van der Waals surface area contributed by atoms with E-state index in [4.69, 9.17) is 11.6 Å². The van der Waals surface area contributed by atoms with Gasteiger partial charge in [-0.3, -0.25) is 4.79 Å². The van der Waals surface area contributed by atoms with Crippen LogP contribution in [0.1, 0.15) is 19.3 Å². The first-order valence-electron chi connectivity index (χ1n) is 6.11. The lowest BCUT2D eigenvalue weighted by Gasteiger charge is -2.24. The highest BCUT2D eigenvalue weighted by atomic mass is 35.5. The zero-order chi connectivity index (χ0) is 12.1. The molecule has 0 atom stereocenters. The van der Waals surface area contributed by atoms with E-state index in [-0.39, 0.29) is 11.8 Å². The fraction of sp³-hybridized carbons (Fsp3) is 0.462. The molecule has 1 aromatic rings. The van der Waals surface area contributed by atoms with Crippen molar-refractivity contribution in [3.8, 4) is 0 Å². The van der Waals surface area contributed by atoms with Crippen molar-refractivity contribution < 1.29 is 9.69 Å². The molecule has 1 aromatic carbocycles. The first-order valence-corrected chi connectivity index (χ1v) is 6.64. The average molecular weight is 254 g/mol. The minimum Gasteiger partial charge on any atom is -0.320 e. The van der Waals surface area contributed by atoms with Crippen molar-refractivity contribution in [2.24, 2.45) is 0 Å². The molecule has 1 amide bonds. The maximum Gasteiger partial charge on any atom is 0.239 e. The summed E-state index contributed by atoms with van der Waals surface area (Å²) < 4.78 is 0. The molecule has 0 aliphatic carbocycles. The van der Waals surface area contributed by atoms with Crippen molar-refractivity contribution in [3.63, 3.8) is 0 Å². The molecule has 1 aliphatic heterocycles. The Bertz CT molecular complexity index is 389. The van der Waals surface area contributed by atoms with Crippen molar-refractivity contribution >= 4 is 28.9 Å². The van der Waals surface area contributed by atoms with Crippen molar-refractivity contribution in [2.45, 2.75) is 19.3 Å². The number of carbonyl (C=O) groups is 1. The largest absolute Gasteiger partial charge is 0.320 e. The first kappa shape index (κ1) is 12.4. The molecule has 1 aliphatic rings. The molecule has 0 saturated carbocycles. The van der Waals surface area contributed by atoms with Gasteiger partial charge in [0.1, 0.15) is 11.6 Å². The monoisotopic (exact) mass is 253 g/mol. The lowest BCUT2D eigenvalue weighted by molar-refractivity contribution is -0.837. The Morgan fingerprint density at radius 2 is 1.94 bits per heavy atom. The molecule has 0 spiro atoms. The molecule has 0 unspecified atom stereocenters. The summed E-state index contributed by atoms with van der Waals surface area (Å²) in [5.74, 6) is -0.139. The minimum atomic E-state index is -0.143. The van der Waals surface area contributed by atoms with E-state index in [1.54, 1.807) is 0 Å². The lowest BCUT2D eigenvalue weighted by Crippen LogP contribution is -3.08. The van der Waals surface area contributed by atoms with E-state index in [0.29, 0.717) is 0 Å². The maximum atomic E-state index is 11.4. The molecule has 2 rings (SSSR count). The molecule has 4 heteroatoms. The van der Waals surface area contributed by atoms with Gasteiger partial charge < -0.3 is 10.2 Å². The molecular formula is C13H18ClN2O+. The third-order valence-corrected chi connectivity index (χ3v) is 3.40. The van der Waals surface area contributed by atoms with E-state index in [9.17, 15) is 4.79 Å². The van der Waals surface area contributed by atoms with Crippen LogP contribution >= 0.6 is 11.6 Å². The summed E-state index contributed by atoms with van der Waals surface area (Å²) in [7, 11) is 0. The lowest BCUT2D eigenvalue weighted by atomic mass is 10.1. The summed E-state index contributed by atoms with van der Waals surface area (Å²) in [6.45, 7) is 2.29. The number of piperidine rings is 1. The predicted molar refractivity (Wildman–Crippen MR) is 70.0 cm³/mol. The zero-order valence-corrected chi connectivity index (χ0v) is 10.6. The van der Waals surface area contributed by atoms with E-state index >= 15 is 0 Å². The predicted octanol–water partition coefficient (Wildman–Crippen LogP) is 1.56. The van der Waals surface area contributed by atoms with Crippen LogP contribution in [0.2, 0.25) is 0 Å². The number of rotatable bonds is 3. The van der Waals surface area contributed by atoms with Gasteiger partial charge in [-0.1, -0.05) is 12.1 Å². The highest BCUT2D eigenvalue weighted by molar-refractivity contribution is 6.29. The third kappa shape index (κ3) is 3.20. The van der Waals surface area contributed by atoms with Gasteiger partial charge in [0.2, 0.25) is 5.91 Å². The smallest absolute Gasteiger partial charge is 0.239 e. The summed E-state index contributed by atoms with van der Waals surface area (Å²) in [5, 5.41) is 2.87. The van der Waals surface area contributed by atoms with Crippen LogP contribution in [-0.2, 0) is 4.79 Å². The summed E-state index contributed by atoms with van der Waals surface area (Å²) >= 11 is 5.52. The van der Waals surface area contributed by atoms with Crippen molar-refractivity contribution in [3.05, 3.63) is 24.3 Å². The molecule has 0 bridgehead atoms. The molecule has 92 valence electrons. The van der Waals surface area contributed by atoms with Gasteiger partial charge in [0.05, 0.1) is 13.1 Å². The highest BCUT2D eigenvalue weighted by Crippen LogP contribution is 2.18. The van der Waals surface area contributed by atoms with Crippen LogP contribution < -0.4 is 10.2 Å². The number of quaternary nitrogens is 1. The summed E-state index contributed by atoms with van der Waals surface area (Å²) in [6, 6.07) is 8.00. The fourth-order valence-corrected chi connectivity index (χ4v) is 2.40. The Balaban J connectivity index is 2.17. The highest BCUT2D eigenvalue weighted by Gasteiger charge is 2.19. The van der Waals surface area contributed by atoms with Crippen LogP contribution in [0.25, 0.3) is 0 Å². The van der Waals surface area contributed by atoms with E-state index in [2.05, 4.69) is 11.4 Å². The molecular weight excluding hydrogens is 236 g/mol. The number of amides is 1. The van der Waals surface area contributed by atoms with Crippen LogP contribution in [0.3, 0.4) is 0 Å². The molecule has 0 radical (unpaired) electrons. The Morgan fingerprint density at radius 3 is 2.65 bits per heavy atom. The SMILES string of the molecule is O=C(CCl)Nc1ccccc1[NH+]1CCCCC1. The van der Waals surface area contributed by atoms with Gasteiger partial charge in [-0.15, -0.1) is 11.6 Å². The second-order valence-corrected chi connectivity index (χ2v) is 4.66. The van der Waals surface area contributed by atoms with Gasteiger partial charge in [-0.2, -0.15) is 0 Å². The topological polar surface area (TPSA) is 33.5 Å². The maximum absolute atomic E-state index is 11.4. The Labute approximate surface area is 107 Å². The van der Waals surface area contributed by atoms with Gasteiger partial charge in [0.15, 0.2) is 5.69 Å². The van der Waals surface area contributed by atoms with E-state index < -0.39 is 0 Å². The van der Waals surface area contributed by atoms with Crippen LogP contribution in [0.4, 0.5) is 11.4 Å². The molecule has 0 aromatic heterocycles. The van der Waals surface area contributed by atoms with E-state index in [0.717, 1.165) is 18.8 Å². The number of alkyl halides is 1. The second-order valence-electron chi connectivity index (χ2n) is 4.39. The summed E-state index contributed by atoms with van der Waals surface area (Å²) in [4.78, 5) is 12.8. The van der Waals surface area contributed by atoms with Crippen LogP contribution in [0, 0.1) is 0 Å². The third-order valence-electron chi connectivity index (χ3n) is 3.16. The molecule has 1 saturated heterocycles. The Morgan fingerprint density at radius 1 is 1.24 bits per heavy atom. The van der Waals surface area contributed by atoms with E-state index in [1.165, 1.54) is 29.8 Å². The van der Waals surface area contributed by atoms with E-state index in [1.807, 2.05) is 18.2 Å². The normalized spacial score (nSPS) is 16.8. The number of anilines is 1. The van der Waals surface area contributed by atoms with Crippen LogP contribution in [0.5, 0.6) is 0 Å². The molecule has 1 fully saturated rings.